The minimum absolute atomic E-state index is 0.234. The summed E-state index contributed by atoms with van der Waals surface area (Å²) in [6, 6.07) is 10.0. The molecule has 2 aromatic heterocycles. The normalized spacial score (nSPS) is 15.6. The Labute approximate surface area is 202 Å². The van der Waals surface area contributed by atoms with Crippen LogP contribution in [0.3, 0.4) is 0 Å². The summed E-state index contributed by atoms with van der Waals surface area (Å²) in [5.74, 6) is 1.92. The second-order valence-electron chi connectivity index (χ2n) is 8.28. The number of nitrogens with zero attached hydrogens (tertiary/aromatic N) is 5. The zero-order valence-corrected chi connectivity index (χ0v) is 20.2. The highest BCUT2D eigenvalue weighted by molar-refractivity contribution is 7.15. The van der Waals surface area contributed by atoms with Gasteiger partial charge in [-0.15, -0.1) is 21.5 Å². The number of fused-ring (bicyclic) bond motifs is 3. The summed E-state index contributed by atoms with van der Waals surface area (Å²) in [4.78, 5) is 20.5. The average Bonchev–Trinajstić information content (AvgIpc) is 3.37. The van der Waals surface area contributed by atoms with Crippen molar-refractivity contribution in [3.05, 3.63) is 63.0 Å². The van der Waals surface area contributed by atoms with E-state index in [1.807, 2.05) is 36.1 Å². The molecule has 5 rings (SSSR count). The number of aliphatic imine (C=N–C) groups is 1. The summed E-state index contributed by atoms with van der Waals surface area (Å²) >= 11 is 8.29. The van der Waals surface area contributed by atoms with E-state index >= 15 is 0 Å². The van der Waals surface area contributed by atoms with Crippen LogP contribution in [0.5, 0.6) is 0 Å². The molecule has 33 heavy (non-hydrogen) atoms. The third kappa shape index (κ3) is 4.60. The predicted octanol–water partition coefficient (Wildman–Crippen LogP) is 4.21. The van der Waals surface area contributed by atoms with Gasteiger partial charge in [0.1, 0.15) is 17.4 Å². The smallest absolute Gasteiger partial charge is 0.222 e. The van der Waals surface area contributed by atoms with Gasteiger partial charge in [0.15, 0.2) is 5.82 Å². The summed E-state index contributed by atoms with van der Waals surface area (Å²) in [6.07, 6.45) is 3.34. The Balaban J connectivity index is 1.35. The fraction of sp³-hybridized carbons (Fsp3) is 0.417. The van der Waals surface area contributed by atoms with Crippen molar-refractivity contribution in [2.75, 3.05) is 26.3 Å². The number of unbranched alkanes of at least 4 members (excludes halogenated alkanes) is 1. The summed E-state index contributed by atoms with van der Waals surface area (Å²) in [7, 11) is 0. The molecule has 1 fully saturated rings. The lowest BCUT2D eigenvalue weighted by Gasteiger charge is -2.26. The van der Waals surface area contributed by atoms with Crippen LogP contribution in [0.4, 0.5) is 0 Å². The van der Waals surface area contributed by atoms with Crippen molar-refractivity contribution in [3.63, 3.8) is 0 Å². The van der Waals surface area contributed by atoms with Crippen molar-refractivity contribution in [2.45, 2.75) is 39.2 Å². The van der Waals surface area contributed by atoms with Gasteiger partial charge in [0.05, 0.1) is 18.9 Å². The number of hydrogen-bond acceptors (Lipinski definition) is 6. The molecule has 0 spiro atoms. The van der Waals surface area contributed by atoms with Gasteiger partial charge in [-0.2, -0.15) is 0 Å². The molecular weight excluding hydrogens is 458 g/mol. The Morgan fingerprint density at radius 1 is 1.15 bits per heavy atom. The van der Waals surface area contributed by atoms with Crippen LogP contribution in [0.15, 0.2) is 35.3 Å². The molecule has 0 atom stereocenters. The van der Waals surface area contributed by atoms with Crippen molar-refractivity contribution < 1.29 is 9.53 Å². The molecule has 2 aliphatic heterocycles. The summed E-state index contributed by atoms with van der Waals surface area (Å²) in [5.41, 5.74) is 2.89. The fourth-order valence-corrected chi connectivity index (χ4v) is 5.82. The standard InChI is InChI=1S/C24H26ClN5O2S/c1-16-27-28-21-15-26-23(18-7-3-4-8-20(18)25)19-14-17(33-24(19)30(16)21)6-2-5-9-22(31)29-10-12-32-13-11-29/h3-4,7-8,14H,2,5-6,9-13,15H2,1H3. The zero-order valence-electron chi connectivity index (χ0n) is 18.6. The summed E-state index contributed by atoms with van der Waals surface area (Å²) < 4.78 is 7.45. The molecule has 1 amide bonds. The van der Waals surface area contributed by atoms with Crippen LogP contribution in [0.25, 0.3) is 5.00 Å². The maximum absolute atomic E-state index is 12.4. The Kier molecular flexibility index (Phi) is 6.57. The number of carbonyl (C=O) groups is 1. The summed E-state index contributed by atoms with van der Waals surface area (Å²) in [5, 5.41) is 10.4. The molecule has 3 aromatic rings. The van der Waals surface area contributed by atoms with E-state index in [9.17, 15) is 4.79 Å². The van der Waals surface area contributed by atoms with Crippen LogP contribution >= 0.6 is 22.9 Å². The van der Waals surface area contributed by atoms with E-state index in [1.165, 1.54) is 4.88 Å². The van der Waals surface area contributed by atoms with Crippen LogP contribution in [-0.2, 0) is 22.5 Å². The highest BCUT2D eigenvalue weighted by atomic mass is 35.5. The molecule has 7 nitrogen and oxygen atoms in total. The van der Waals surface area contributed by atoms with Gasteiger partial charge >= 0.3 is 0 Å². The lowest BCUT2D eigenvalue weighted by atomic mass is 10.0. The number of hydrogen-bond donors (Lipinski definition) is 0. The van der Waals surface area contributed by atoms with Crippen LogP contribution < -0.4 is 0 Å². The number of thiophene rings is 1. The molecule has 2 aliphatic rings. The fourth-order valence-electron chi connectivity index (χ4n) is 4.33. The van der Waals surface area contributed by atoms with Gasteiger partial charge in [-0.05, 0) is 38.3 Å². The molecule has 0 saturated carbocycles. The Morgan fingerprint density at radius 3 is 2.79 bits per heavy atom. The van der Waals surface area contributed by atoms with E-state index in [0.717, 1.165) is 52.8 Å². The molecule has 0 N–H and O–H groups in total. The monoisotopic (exact) mass is 483 g/mol. The van der Waals surface area contributed by atoms with Gasteiger partial charge < -0.3 is 9.64 Å². The first-order valence-electron chi connectivity index (χ1n) is 11.3. The van der Waals surface area contributed by atoms with Crippen molar-refractivity contribution in [2.24, 2.45) is 4.99 Å². The number of aryl methyl sites for hydroxylation is 2. The molecule has 9 heteroatoms. The predicted molar refractivity (Wildman–Crippen MR) is 130 cm³/mol. The molecule has 1 saturated heterocycles. The summed E-state index contributed by atoms with van der Waals surface area (Å²) in [6.45, 7) is 5.14. The van der Waals surface area contributed by atoms with E-state index in [2.05, 4.69) is 20.8 Å². The van der Waals surface area contributed by atoms with E-state index < -0.39 is 0 Å². The Hall–Kier alpha value is -2.55. The van der Waals surface area contributed by atoms with Gasteiger partial charge in [-0.25, -0.2) is 0 Å². The van der Waals surface area contributed by atoms with Crippen molar-refractivity contribution in [3.8, 4) is 5.00 Å². The van der Waals surface area contributed by atoms with Gasteiger partial charge in [0.25, 0.3) is 0 Å². The minimum Gasteiger partial charge on any atom is -0.378 e. The van der Waals surface area contributed by atoms with Gasteiger partial charge in [0, 0.05) is 40.5 Å². The number of ether oxygens (including phenoxy) is 1. The van der Waals surface area contributed by atoms with Gasteiger partial charge in [-0.3, -0.25) is 14.4 Å². The Morgan fingerprint density at radius 2 is 1.97 bits per heavy atom. The molecule has 0 unspecified atom stereocenters. The van der Waals surface area contributed by atoms with Crippen molar-refractivity contribution in [1.82, 2.24) is 19.7 Å². The van der Waals surface area contributed by atoms with Crippen LogP contribution in [0.1, 0.15) is 46.9 Å². The quantitative estimate of drug-likeness (QED) is 0.492. The van der Waals surface area contributed by atoms with Crippen molar-refractivity contribution in [1.29, 1.82) is 0 Å². The van der Waals surface area contributed by atoms with E-state index in [4.69, 9.17) is 21.3 Å². The maximum Gasteiger partial charge on any atom is 0.222 e. The molecular formula is C24H26ClN5O2S. The lowest BCUT2D eigenvalue weighted by Crippen LogP contribution is -2.40. The first-order valence-corrected chi connectivity index (χ1v) is 12.5. The number of rotatable bonds is 6. The van der Waals surface area contributed by atoms with E-state index in [-0.39, 0.29) is 5.91 Å². The molecule has 0 radical (unpaired) electrons. The number of benzene rings is 1. The zero-order chi connectivity index (χ0) is 22.8. The largest absolute Gasteiger partial charge is 0.378 e. The maximum atomic E-state index is 12.4. The highest BCUT2D eigenvalue weighted by Gasteiger charge is 2.25. The van der Waals surface area contributed by atoms with Crippen LogP contribution in [-0.4, -0.2) is 57.6 Å². The molecule has 4 heterocycles. The first kappa shape index (κ1) is 22.3. The number of amides is 1. The molecule has 0 aliphatic carbocycles. The van der Waals surface area contributed by atoms with Crippen LogP contribution in [0, 0.1) is 6.92 Å². The van der Waals surface area contributed by atoms with E-state index in [0.29, 0.717) is 44.3 Å². The topological polar surface area (TPSA) is 72.6 Å². The first-order chi connectivity index (χ1) is 16.1. The van der Waals surface area contributed by atoms with E-state index in [1.54, 1.807) is 11.3 Å². The van der Waals surface area contributed by atoms with Crippen molar-refractivity contribution >= 4 is 34.6 Å². The number of halogens is 1. The van der Waals surface area contributed by atoms with Crippen LogP contribution in [0.2, 0.25) is 5.02 Å². The molecule has 0 bridgehead atoms. The number of morpholine rings is 1. The third-order valence-electron chi connectivity index (χ3n) is 6.05. The second kappa shape index (κ2) is 9.75. The van der Waals surface area contributed by atoms with Gasteiger partial charge in [0.2, 0.25) is 5.91 Å². The Bertz CT molecular complexity index is 1200. The highest BCUT2D eigenvalue weighted by Crippen LogP contribution is 2.35. The molecule has 172 valence electrons. The lowest BCUT2D eigenvalue weighted by molar-refractivity contribution is -0.135. The minimum atomic E-state index is 0.234. The van der Waals surface area contributed by atoms with Gasteiger partial charge in [-0.1, -0.05) is 29.8 Å². The third-order valence-corrected chi connectivity index (χ3v) is 7.56. The average molecular weight is 484 g/mol. The number of aromatic nitrogens is 3. The SMILES string of the molecule is Cc1nnc2n1-c1sc(CCCCC(=O)N3CCOCC3)cc1C(c1ccccc1Cl)=NC2. The molecule has 1 aromatic carbocycles. The second-order valence-corrected chi connectivity index (χ2v) is 9.80. The number of carbonyl (C=O) groups excluding carboxylic acids is 1.